The minimum atomic E-state index is -4.53. The van der Waals surface area contributed by atoms with E-state index in [1.165, 1.54) is 35.7 Å². The molecular formula is C31H42F3N7O4S. The number of nitrogens with one attached hydrogen (secondary N) is 1. The lowest BCUT2D eigenvalue weighted by Gasteiger charge is -2.33. The number of rotatable bonds is 10. The minimum absolute atomic E-state index is 0.0255. The molecule has 4 N–H and O–H groups in total. The number of alkyl halides is 3. The van der Waals surface area contributed by atoms with E-state index in [9.17, 15) is 32.7 Å². The first-order chi connectivity index (χ1) is 21.9. The van der Waals surface area contributed by atoms with Crippen LogP contribution in [0.2, 0.25) is 0 Å². The number of likely N-dealkylation sites (tertiary alicyclic amines) is 2. The van der Waals surface area contributed by atoms with Crippen molar-refractivity contribution in [3.63, 3.8) is 0 Å². The maximum atomic E-state index is 14.0. The van der Waals surface area contributed by atoms with Gasteiger partial charge in [0, 0.05) is 79.6 Å². The second-order valence-electron chi connectivity index (χ2n) is 12.3. The molecule has 1 atom stereocenters. The second kappa shape index (κ2) is 14.7. The number of β-amino-alcohol motifs (C(OH)–C–C–N with tert-alkyl or cyclic N) is 1. The number of benzene rings is 1. The van der Waals surface area contributed by atoms with Crippen LogP contribution in [0, 0.1) is 0 Å². The van der Waals surface area contributed by atoms with E-state index in [0.29, 0.717) is 42.1 Å². The molecule has 0 bridgehead atoms. The van der Waals surface area contributed by atoms with Crippen LogP contribution in [0.4, 0.5) is 13.2 Å². The molecule has 1 aromatic heterocycles. The number of aromatic nitrogens is 2. The van der Waals surface area contributed by atoms with Crippen LogP contribution in [0.25, 0.3) is 11.3 Å². The Morgan fingerprint density at radius 3 is 2.46 bits per heavy atom. The Kier molecular flexibility index (Phi) is 11.0. The van der Waals surface area contributed by atoms with E-state index in [-0.39, 0.29) is 36.5 Å². The number of carbonyl (C=O) groups is 3. The molecule has 5 rings (SSSR count). The van der Waals surface area contributed by atoms with Crippen molar-refractivity contribution in [1.29, 1.82) is 0 Å². The second-order valence-corrected chi connectivity index (χ2v) is 13.5. The minimum Gasteiger partial charge on any atom is -0.390 e. The molecule has 4 heterocycles. The van der Waals surface area contributed by atoms with Crippen LogP contribution in [0.3, 0.4) is 0 Å². The van der Waals surface area contributed by atoms with Crippen molar-refractivity contribution in [2.24, 2.45) is 5.73 Å². The lowest BCUT2D eigenvalue weighted by atomic mass is 9.99. The Morgan fingerprint density at radius 2 is 1.80 bits per heavy atom. The third-order valence-electron chi connectivity index (χ3n) is 8.90. The number of amides is 3. The summed E-state index contributed by atoms with van der Waals surface area (Å²) < 4.78 is 43.8. The van der Waals surface area contributed by atoms with Gasteiger partial charge in [-0.25, -0.2) is 0 Å². The summed E-state index contributed by atoms with van der Waals surface area (Å²) in [6.07, 6.45) is -1.21. The molecule has 2 aromatic rings. The van der Waals surface area contributed by atoms with Crippen LogP contribution in [-0.2, 0) is 40.1 Å². The molecule has 0 spiro atoms. The maximum Gasteiger partial charge on any atom is 0.417 e. The highest BCUT2D eigenvalue weighted by Gasteiger charge is 2.35. The fourth-order valence-electron chi connectivity index (χ4n) is 6.62. The van der Waals surface area contributed by atoms with Gasteiger partial charge in [-0.05, 0) is 50.9 Å². The molecule has 0 saturated carbocycles. The molecule has 3 amide bonds. The SMILES string of the molecule is CC(=O)NC1CCN(C[C@@H](O)Cn2nc(-c3ccc(C(F)(F)F)c(SCCN4CCCC4)c3)c3c2CCN(C(=O)C(N)=O)C3)CC1. The predicted octanol–water partition coefficient (Wildman–Crippen LogP) is 2.09. The molecule has 0 aliphatic carbocycles. The summed E-state index contributed by atoms with van der Waals surface area (Å²) >= 11 is 1.17. The largest absolute Gasteiger partial charge is 0.417 e. The molecule has 2 saturated heterocycles. The van der Waals surface area contributed by atoms with Gasteiger partial charge in [0.2, 0.25) is 5.91 Å². The summed E-state index contributed by atoms with van der Waals surface area (Å²) in [6.45, 7) is 6.33. The molecule has 3 aliphatic heterocycles. The molecule has 2 fully saturated rings. The van der Waals surface area contributed by atoms with Crippen molar-refractivity contribution in [1.82, 2.24) is 29.8 Å². The number of aliphatic hydroxyl groups is 1. The summed E-state index contributed by atoms with van der Waals surface area (Å²) in [7, 11) is 0. The monoisotopic (exact) mass is 665 g/mol. The van der Waals surface area contributed by atoms with E-state index in [0.717, 1.165) is 63.6 Å². The Balaban J connectivity index is 1.39. The lowest BCUT2D eigenvalue weighted by molar-refractivity contribution is -0.144. The number of hydrogen-bond acceptors (Lipinski definition) is 8. The van der Waals surface area contributed by atoms with Gasteiger partial charge in [0.05, 0.1) is 30.5 Å². The van der Waals surface area contributed by atoms with Crippen molar-refractivity contribution in [3.05, 3.63) is 35.0 Å². The highest BCUT2D eigenvalue weighted by Crippen LogP contribution is 2.40. The number of aliphatic hydroxyl groups excluding tert-OH is 1. The van der Waals surface area contributed by atoms with Gasteiger partial charge in [-0.2, -0.15) is 18.3 Å². The van der Waals surface area contributed by atoms with Crippen LogP contribution in [0.15, 0.2) is 23.1 Å². The van der Waals surface area contributed by atoms with Gasteiger partial charge >= 0.3 is 18.0 Å². The zero-order valence-electron chi connectivity index (χ0n) is 26.0. The van der Waals surface area contributed by atoms with Gasteiger partial charge in [0.1, 0.15) is 0 Å². The molecular weight excluding hydrogens is 623 g/mol. The van der Waals surface area contributed by atoms with Crippen LogP contribution in [0.1, 0.15) is 49.4 Å². The highest BCUT2D eigenvalue weighted by atomic mass is 32.2. The number of thioether (sulfide) groups is 1. The number of nitrogens with zero attached hydrogens (tertiary/aromatic N) is 5. The summed E-state index contributed by atoms with van der Waals surface area (Å²) in [5, 5.41) is 18.8. The van der Waals surface area contributed by atoms with Crippen molar-refractivity contribution in [2.75, 3.05) is 51.6 Å². The number of primary amides is 1. The first kappa shape index (κ1) is 34.2. The van der Waals surface area contributed by atoms with Crippen molar-refractivity contribution < 1.29 is 32.7 Å². The Morgan fingerprint density at radius 1 is 1.09 bits per heavy atom. The van der Waals surface area contributed by atoms with Crippen LogP contribution < -0.4 is 11.1 Å². The van der Waals surface area contributed by atoms with Crippen molar-refractivity contribution in [2.45, 2.75) is 75.3 Å². The van der Waals surface area contributed by atoms with Crippen LogP contribution in [0.5, 0.6) is 0 Å². The van der Waals surface area contributed by atoms with Gasteiger partial charge in [0.15, 0.2) is 0 Å². The van der Waals surface area contributed by atoms with E-state index in [1.54, 1.807) is 4.68 Å². The molecule has 46 heavy (non-hydrogen) atoms. The van der Waals surface area contributed by atoms with Gasteiger partial charge in [0.25, 0.3) is 0 Å². The average molecular weight is 666 g/mol. The summed E-state index contributed by atoms with van der Waals surface area (Å²) in [5.74, 6) is -1.47. The zero-order chi connectivity index (χ0) is 33.0. The number of nitrogens with two attached hydrogens (primary N) is 1. The van der Waals surface area contributed by atoms with Crippen molar-refractivity contribution in [3.8, 4) is 11.3 Å². The summed E-state index contributed by atoms with van der Waals surface area (Å²) in [5.41, 5.74) is 6.83. The van der Waals surface area contributed by atoms with E-state index < -0.39 is 29.7 Å². The van der Waals surface area contributed by atoms with E-state index >= 15 is 0 Å². The molecule has 0 radical (unpaired) electrons. The smallest absolute Gasteiger partial charge is 0.390 e. The molecule has 3 aliphatic rings. The first-order valence-electron chi connectivity index (χ1n) is 15.8. The van der Waals surface area contributed by atoms with Gasteiger partial charge < -0.3 is 30.9 Å². The van der Waals surface area contributed by atoms with Gasteiger partial charge in [-0.15, -0.1) is 11.8 Å². The number of carbonyl (C=O) groups excluding carboxylic acids is 3. The van der Waals surface area contributed by atoms with E-state index in [2.05, 4.69) is 15.1 Å². The predicted molar refractivity (Wildman–Crippen MR) is 167 cm³/mol. The summed E-state index contributed by atoms with van der Waals surface area (Å²) in [4.78, 5) is 41.4. The third kappa shape index (κ3) is 8.41. The molecule has 252 valence electrons. The fourth-order valence-corrected chi connectivity index (χ4v) is 7.74. The van der Waals surface area contributed by atoms with Crippen LogP contribution >= 0.6 is 11.8 Å². The van der Waals surface area contributed by atoms with E-state index in [4.69, 9.17) is 10.8 Å². The topological polar surface area (TPSA) is 137 Å². The molecule has 0 unspecified atom stereocenters. The first-order valence-corrected chi connectivity index (χ1v) is 16.8. The average Bonchev–Trinajstić information content (AvgIpc) is 3.65. The molecule has 1 aromatic carbocycles. The lowest BCUT2D eigenvalue weighted by Crippen LogP contribution is -2.46. The van der Waals surface area contributed by atoms with Crippen molar-refractivity contribution >= 4 is 29.5 Å². The number of fused-ring (bicyclic) bond motifs is 1. The number of piperidine rings is 1. The maximum absolute atomic E-state index is 14.0. The number of hydrogen-bond donors (Lipinski definition) is 3. The van der Waals surface area contributed by atoms with Crippen LogP contribution in [-0.4, -0.2) is 111 Å². The molecule has 11 nitrogen and oxygen atoms in total. The van der Waals surface area contributed by atoms with E-state index in [1.807, 2.05) is 0 Å². The summed E-state index contributed by atoms with van der Waals surface area (Å²) in [6, 6.07) is 4.09. The quantitative estimate of drug-likeness (QED) is 0.259. The Bertz CT molecular complexity index is 1420. The molecule has 15 heteroatoms. The highest BCUT2D eigenvalue weighted by molar-refractivity contribution is 7.99. The Hall–Kier alpha value is -3.14. The zero-order valence-corrected chi connectivity index (χ0v) is 26.8. The fraction of sp³-hybridized carbons (Fsp3) is 0.613. The van der Waals surface area contributed by atoms with Gasteiger partial charge in [-0.3, -0.25) is 19.1 Å². The third-order valence-corrected chi connectivity index (χ3v) is 9.94. The normalized spacial score (nSPS) is 18.8. The Labute approximate surface area is 270 Å². The number of halogens is 3. The standard InChI is InChI=1S/C31H42F3N7O4S/c1-20(42)36-22-6-11-39(12-7-22)17-23(43)18-41-26-8-13-40(30(45)29(35)44)19-24(26)28(37-41)21-4-5-25(31(32,33)34)27(16-21)46-15-14-38-9-2-3-10-38/h4-5,16,22-23,43H,2-3,6-15,17-19H2,1H3,(H2,35,44)(H,36,42)/t23-/m1/s1. The van der Waals surface area contributed by atoms with Gasteiger partial charge in [-0.1, -0.05) is 6.07 Å².